The Morgan fingerprint density at radius 1 is 1.62 bits per heavy atom. The average molecular weight is 117 g/mol. The summed E-state index contributed by atoms with van der Waals surface area (Å²) in [5, 5.41) is 3.04. The highest BCUT2D eigenvalue weighted by Gasteiger charge is 1.98. The number of nitrogens with one attached hydrogen (secondary N) is 1. The summed E-state index contributed by atoms with van der Waals surface area (Å²) in [5.74, 6) is 0. The quantitative estimate of drug-likeness (QED) is 0.583. The molecule has 0 bridgehead atoms. The molecule has 2 nitrogen and oxygen atoms in total. The number of hydrogen-bond acceptors (Lipinski definition) is 2. The molecule has 0 rings (SSSR count). The van der Waals surface area contributed by atoms with Gasteiger partial charge in [-0.2, -0.15) is 0 Å². The molecule has 50 valence electrons. The molecule has 0 fully saturated rings. The van der Waals surface area contributed by atoms with E-state index in [0.717, 1.165) is 13.0 Å². The number of hydrogen-bond donors (Lipinski definition) is 1. The monoisotopic (exact) mass is 117 g/mol. The van der Waals surface area contributed by atoms with Crippen LogP contribution in [0.1, 0.15) is 13.3 Å². The maximum absolute atomic E-state index is 5.08. The van der Waals surface area contributed by atoms with Crippen LogP contribution in [0.5, 0.6) is 0 Å². The largest absolute Gasteiger partial charge is 0.380 e. The topological polar surface area (TPSA) is 21.3 Å². The highest BCUT2D eigenvalue weighted by molar-refractivity contribution is 4.54. The zero-order valence-electron chi connectivity index (χ0n) is 5.90. The molecule has 0 saturated carbocycles. The zero-order valence-corrected chi connectivity index (χ0v) is 5.90. The van der Waals surface area contributed by atoms with Crippen LogP contribution in [-0.4, -0.2) is 26.8 Å². The van der Waals surface area contributed by atoms with Crippen molar-refractivity contribution in [3.63, 3.8) is 0 Å². The van der Waals surface area contributed by atoms with Crippen LogP contribution in [0.4, 0.5) is 0 Å². The van der Waals surface area contributed by atoms with E-state index in [1.54, 1.807) is 7.11 Å². The summed E-state index contributed by atoms with van der Waals surface area (Å²) in [6.07, 6.45) is 1.47. The van der Waals surface area contributed by atoms with Crippen LogP contribution in [0.2, 0.25) is 0 Å². The molecule has 1 atom stereocenters. The van der Waals surface area contributed by atoms with E-state index < -0.39 is 0 Å². The van der Waals surface area contributed by atoms with Gasteiger partial charge in [-0.05, 0) is 13.5 Å². The Bertz CT molecular complexity index is 43.8. The van der Waals surface area contributed by atoms with Crippen LogP contribution in [0, 0.1) is 0 Å². The molecule has 0 aliphatic heterocycles. The van der Waals surface area contributed by atoms with Crippen LogP contribution in [0.25, 0.3) is 0 Å². The fourth-order valence-electron chi connectivity index (χ4n) is 0.622. The highest BCUT2D eigenvalue weighted by atomic mass is 16.5. The summed E-state index contributed by atoms with van der Waals surface area (Å²) >= 11 is 0. The molecule has 0 saturated heterocycles. The molecule has 0 aromatic rings. The second-order valence-corrected chi connectivity index (χ2v) is 1.82. The standard InChI is InChI=1S/C6H15NO/c1-4-6(8-3)5-7-2/h6-7H,4-5H2,1-3H3/t6-/m1/s1. The maximum atomic E-state index is 5.08. The molecule has 1 N–H and O–H groups in total. The molecule has 0 aromatic heterocycles. The molecular formula is C6H15NO. The summed E-state index contributed by atoms with van der Waals surface area (Å²) in [5.41, 5.74) is 0. The van der Waals surface area contributed by atoms with Crippen molar-refractivity contribution in [2.45, 2.75) is 19.4 Å². The van der Waals surface area contributed by atoms with Crippen LogP contribution in [-0.2, 0) is 4.74 Å². The lowest BCUT2D eigenvalue weighted by Crippen LogP contribution is -2.24. The van der Waals surface area contributed by atoms with Crippen molar-refractivity contribution < 1.29 is 4.74 Å². The van der Waals surface area contributed by atoms with Gasteiger partial charge in [-0.15, -0.1) is 0 Å². The first-order valence-corrected chi connectivity index (χ1v) is 3.02. The Morgan fingerprint density at radius 2 is 2.25 bits per heavy atom. The summed E-state index contributed by atoms with van der Waals surface area (Å²) in [6, 6.07) is 0. The lowest BCUT2D eigenvalue weighted by atomic mass is 10.3. The molecule has 0 heterocycles. The Labute approximate surface area is 51.2 Å². The van der Waals surface area contributed by atoms with Gasteiger partial charge >= 0.3 is 0 Å². The second kappa shape index (κ2) is 5.06. The van der Waals surface area contributed by atoms with Crippen LogP contribution >= 0.6 is 0 Å². The molecule has 2 heteroatoms. The first-order chi connectivity index (χ1) is 3.85. The minimum Gasteiger partial charge on any atom is -0.380 e. The van der Waals surface area contributed by atoms with Gasteiger partial charge in [-0.1, -0.05) is 6.92 Å². The lowest BCUT2D eigenvalue weighted by molar-refractivity contribution is 0.100. The Hall–Kier alpha value is -0.0800. The molecule has 0 aromatic carbocycles. The molecular weight excluding hydrogens is 102 g/mol. The summed E-state index contributed by atoms with van der Waals surface area (Å²) in [4.78, 5) is 0. The maximum Gasteiger partial charge on any atom is 0.0692 e. The van der Waals surface area contributed by atoms with E-state index >= 15 is 0 Å². The van der Waals surface area contributed by atoms with Gasteiger partial charge in [0.15, 0.2) is 0 Å². The van der Waals surface area contributed by atoms with Crippen molar-refractivity contribution in [3.05, 3.63) is 0 Å². The van der Waals surface area contributed by atoms with Gasteiger partial charge in [0.05, 0.1) is 6.10 Å². The fraction of sp³-hybridized carbons (Fsp3) is 1.00. The van der Waals surface area contributed by atoms with Gasteiger partial charge in [0.25, 0.3) is 0 Å². The van der Waals surface area contributed by atoms with Gasteiger partial charge in [0, 0.05) is 13.7 Å². The van der Waals surface area contributed by atoms with E-state index in [-0.39, 0.29) is 0 Å². The lowest BCUT2D eigenvalue weighted by Gasteiger charge is -2.10. The van der Waals surface area contributed by atoms with Crippen molar-refractivity contribution in [1.82, 2.24) is 5.32 Å². The normalized spacial score (nSPS) is 13.9. The SMILES string of the molecule is CC[C@H](CNC)OC. The van der Waals surface area contributed by atoms with E-state index in [0.29, 0.717) is 6.10 Å². The van der Waals surface area contributed by atoms with Gasteiger partial charge in [0.2, 0.25) is 0 Å². The third-order valence-electron chi connectivity index (χ3n) is 1.22. The number of likely N-dealkylation sites (N-methyl/N-ethyl adjacent to an activating group) is 1. The predicted octanol–water partition coefficient (Wildman–Crippen LogP) is 0.631. The highest BCUT2D eigenvalue weighted by Crippen LogP contribution is 1.91. The minimum absolute atomic E-state index is 0.389. The molecule has 0 unspecified atom stereocenters. The van der Waals surface area contributed by atoms with E-state index in [1.165, 1.54) is 0 Å². The third-order valence-corrected chi connectivity index (χ3v) is 1.22. The van der Waals surface area contributed by atoms with Crippen molar-refractivity contribution in [3.8, 4) is 0 Å². The number of rotatable bonds is 4. The van der Waals surface area contributed by atoms with Crippen molar-refractivity contribution in [2.24, 2.45) is 0 Å². The summed E-state index contributed by atoms with van der Waals surface area (Å²) < 4.78 is 5.08. The van der Waals surface area contributed by atoms with E-state index in [2.05, 4.69) is 12.2 Å². The van der Waals surface area contributed by atoms with Gasteiger partial charge in [-0.3, -0.25) is 0 Å². The summed E-state index contributed by atoms with van der Waals surface area (Å²) in [7, 11) is 3.67. The Morgan fingerprint density at radius 3 is 2.38 bits per heavy atom. The average Bonchev–Trinajstić information content (AvgIpc) is 1.83. The first kappa shape index (κ1) is 7.92. The van der Waals surface area contributed by atoms with Gasteiger partial charge in [0.1, 0.15) is 0 Å². The molecule has 0 spiro atoms. The molecule has 0 amide bonds. The first-order valence-electron chi connectivity index (χ1n) is 3.02. The predicted molar refractivity (Wildman–Crippen MR) is 35.0 cm³/mol. The van der Waals surface area contributed by atoms with Crippen molar-refractivity contribution in [1.29, 1.82) is 0 Å². The second-order valence-electron chi connectivity index (χ2n) is 1.82. The molecule has 0 aliphatic rings. The zero-order chi connectivity index (χ0) is 6.41. The Kier molecular flexibility index (Phi) is 5.01. The molecule has 0 radical (unpaired) electrons. The van der Waals surface area contributed by atoms with Crippen LogP contribution < -0.4 is 5.32 Å². The van der Waals surface area contributed by atoms with Crippen LogP contribution in [0.3, 0.4) is 0 Å². The van der Waals surface area contributed by atoms with Gasteiger partial charge in [-0.25, -0.2) is 0 Å². The van der Waals surface area contributed by atoms with E-state index in [9.17, 15) is 0 Å². The van der Waals surface area contributed by atoms with Gasteiger partial charge < -0.3 is 10.1 Å². The summed E-state index contributed by atoms with van der Waals surface area (Å²) in [6.45, 7) is 3.07. The molecule has 8 heavy (non-hydrogen) atoms. The molecule has 0 aliphatic carbocycles. The smallest absolute Gasteiger partial charge is 0.0692 e. The van der Waals surface area contributed by atoms with E-state index in [4.69, 9.17) is 4.74 Å². The third kappa shape index (κ3) is 2.99. The fourth-order valence-corrected chi connectivity index (χ4v) is 0.622. The van der Waals surface area contributed by atoms with E-state index in [1.807, 2.05) is 7.05 Å². The van der Waals surface area contributed by atoms with Crippen molar-refractivity contribution in [2.75, 3.05) is 20.7 Å². The minimum atomic E-state index is 0.389. The number of methoxy groups -OCH3 is 1. The van der Waals surface area contributed by atoms with Crippen molar-refractivity contribution >= 4 is 0 Å². The van der Waals surface area contributed by atoms with Crippen LogP contribution in [0.15, 0.2) is 0 Å². The number of ether oxygens (including phenoxy) is 1. The Balaban J connectivity index is 3.07.